The van der Waals surface area contributed by atoms with Gasteiger partial charge in [0.05, 0.1) is 6.10 Å². The Labute approximate surface area is 127 Å². The molecule has 0 radical (unpaired) electrons. The first-order chi connectivity index (χ1) is 10.1. The lowest BCUT2D eigenvalue weighted by molar-refractivity contribution is 0.0773. The van der Waals surface area contributed by atoms with Gasteiger partial charge in [0.1, 0.15) is 0 Å². The van der Waals surface area contributed by atoms with E-state index in [1.807, 2.05) is 43.0 Å². The van der Waals surface area contributed by atoms with Gasteiger partial charge in [-0.05, 0) is 57.7 Å². The van der Waals surface area contributed by atoms with E-state index in [0.717, 1.165) is 50.0 Å². The molecule has 1 amide bonds. The van der Waals surface area contributed by atoms with Crippen LogP contribution in [0.4, 0.5) is 5.69 Å². The van der Waals surface area contributed by atoms with Gasteiger partial charge in [0.15, 0.2) is 0 Å². The lowest BCUT2D eigenvalue weighted by Crippen LogP contribution is -2.31. The standard InChI is InChI=1S/C17H26N2O2/c1-3-19(4-2)17(21)13-6-5-7-15(12-13)18-14-8-10-16(20)11-9-14/h5-7,12,14,16,18,20H,3-4,8-11H2,1-2H3. The number of rotatable bonds is 5. The molecule has 0 saturated heterocycles. The average molecular weight is 290 g/mol. The van der Waals surface area contributed by atoms with Crippen LogP contribution in [0.5, 0.6) is 0 Å². The van der Waals surface area contributed by atoms with E-state index in [2.05, 4.69) is 5.32 Å². The molecule has 0 heterocycles. The lowest BCUT2D eigenvalue weighted by Gasteiger charge is -2.27. The van der Waals surface area contributed by atoms with Crippen molar-refractivity contribution in [3.63, 3.8) is 0 Å². The van der Waals surface area contributed by atoms with E-state index in [0.29, 0.717) is 6.04 Å². The molecule has 0 bridgehead atoms. The third kappa shape index (κ3) is 4.21. The van der Waals surface area contributed by atoms with Crippen LogP contribution >= 0.6 is 0 Å². The molecule has 2 rings (SSSR count). The molecule has 0 atom stereocenters. The second-order valence-electron chi connectivity index (χ2n) is 5.71. The van der Waals surface area contributed by atoms with Crippen molar-refractivity contribution < 1.29 is 9.90 Å². The van der Waals surface area contributed by atoms with Crippen molar-refractivity contribution in [3.8, 4) is 0 Å². The zero-order valence-corrected chi connectivity index (χ0v) is 13.0. The highest BCUT2D eigenvalue weighted by Crippen LogP contribution is 2.23. The van der Waals surface area contributed by atoms with Crippen molar-refractivity contribution in [1.29, 1.82) is 0 Å². The van der Waals surface area contributed by atoms with Crippen LogP contribution in [0, 0.1) is 0 Å². The van der Waals surface area contributed by atoms with Crippen molar-refractivity contribution in [2.75, 3.05) is 18.4 Å². The molecule has 21 heavy (non-hydrogen) atoms. The fraction of sp³-hybridized carbons (Fsp3) is 0.588. The van der Waals surface area contributed by atoms with Crippen LogP contribution < -0.4 is 5.32 Å². The minimum atomic E-state index is -0.140. The van der Waals surface area contributed by atoms with Gasteiger partial charge in [-0.25, -0.2) is 0 Å². The minimum absolute atomic E-state index is 0.0858. The number of nitrogens with one attached hydrogen (secondary N) is 1. The Morgan fingerprint density at radius 3 is 2.52 bits per heavy atom. The first-order valence-electron chi connectivity index (χ1n) is 7.98. The van der Waals surface area contributed by atoms with Crippen molar-refractivity contribution >= 4 is 11.6 Å². The van der Waals surface area contributed by atoms with E-state index in [-0.39, 0.29) is 12.0 Å². The summed E-state index contributed by atoms with van der Waals surface area (Å²) in [5, 5.41) is 13.0. The maximum Gasteiger partial charge on any atom is 0.253 e. The van der Waals surface area contributed by atoms with E-state index in [4.69, 9.17) is 0 Å². The maximum absolute atomic E-state index is 12.4. The second kappa shape index (κ2) is 7.46. The van der Waals surface area contributed by atoms with Gasteiger partial charge in [0, 0.05) is 30.4 Å². The quantitative estimate of drug-likeness (QED) is 0.876. The molecule has 0 unspecified atom stereocenters. The fourth-order valence-corrected chi connectivity index (χ4v) is 2.89. The van der Waals surface area contributed by atoms with Gasteiger partial charge >= 0.3 is 0 Å². The summed E-state index contributed by atoms with van der Waals surface area (Å²) in [7, 11) is 0. The average Bonchev–Trinajstić information content (AvgIpc) is 2.51. The van der Waals surface area contributed by atoms with Gasteiger partial charge in [0.25, 0.3) is 5.91 Å². The van der Waals surface area contributed by atoms with Crippen molar-refractivity contribution in [2.24, 2.45) is 0 Å². The zero-order chi connectivity index (χ0) is 15.2. The number of nitrogens with zero attached hydrogens (tertiary/aromatic N) is 1. The lowest BCUT2D eigenvalue weighted by atomic mass is 9.93. The third-order valence-electron chi connectivity index (χ3n) is 4.23. The Bertz CT molecular complexity index is 464. The maximum atomic E-state index is 12.4. The van der Waals surface area contributed by atoms with Gasteiger partial charge in [-0.2, -0.15) is 0 Å². The molecule has 0 spiro atoms. The van der Waals surface area contributed by atoms with Crippen LogP contribution in [0.25, 0.3) is 0 Å². The fourth-order valence-electron chi connectivity index (χ4n) is 2.89. The first kappa shape index (κ1) is 15.8. The predicted molar refractivity (Wildman–Crippen MR) is 85.6 cm³/mol. The Morgan fingerprint density at radius 2 is 1.90 bits per heavy atom. The molecule has 1 saturated carbocycles. The summed E-state index contributed by atoms with van der Waals surface area (Å²) >= 11 is 0. The highest BCUT2D eigenvalue weighted by molar-refractivity contribution is 5.95. The molecular formula is C17H26N2O2. The summed E-state index contributed by atoms with van der Waals surface area (Å²) < 4.78 is 0. The molecule has 4 heteroatoms. The Kier molecular flexibility index (Phi) is 5.62. The van der Waals surface area contributed by atoms with Crippen LogP contribution in [-0.2, 0) is 0 Å². The van der Waals surface area contributed by atoms with Gasteiger partial charge in [0.2, 0.25) is 0 Å². The number of carbonyl (C=O) groups is 1. The topological polar surface area (TPSA) is 52.6 Å². The van der Waals surface area contributed by atoms with Crippen LogP contribution in [0.2, 0.25) is 0 Å². The second-order valence-corrected chi connectivity index (χ2v) is 5.71. The van der Waals surface area contributed by atoms with Gasteiger partial charge in [-0.1, -0.05) is 6.07 Å². The summed E-state index contributed by atoms with van der Waals surface area (Å²) in [6, 6.07) is 8.13. The molecular weight excluding hydrogens is 264 g/mol. The summed E-state index contributed by atoms with van der Waals surface area (Å²) in [6.45, 7) is 5.45. The van der Waals surface area contributed by atoms with Crippen molar-refractivity contribution in [1.82, 2.24) is 4.90 Å². The molecule has 1 aliphatic carbocycles. The van der Waals surface area contributed by atoms with Gasteiger partial charge in [-0.15, -0.1) is 0 Å². The number of hydrogen-bond acceptors (Lipinski definition) is 3. The van der Waals surface area contributed by atoms with Crippen LogP contribution in [0.15, 0.2) is 24.3 Å². The van der Waals surface area contributed by atoms with Crippen LogP contribution in [0.1, 0.15) is 49.9 Å². The van der Waals surface area contributed by atoms with E-state index >= 15 is 0 Å². The summed E-state index contributed by atoms with van der Waals surface area (Å²) in [5.41, 5.74) is 1.73. The summed E-state index contributed by atoms with van der Waals surface area (Å²) in [4.78, 5) is 14.2. The monoisotopic (exact) mass is 290 g/mol. The van der Waals surface area contributed by atoms with Crippen LogP contribution in [0.3, 0.4) is 0 Å². The minimum Gasteiger partial charge on any atom is -0.393 e. The zero-order valence-electron chi connectivity index (χ0n) is 13.0. The molecule has 1 fully saturated rings. The van der Waals surface area contributed by atoms with E-state index in [9.17, 15) is 9.90 Å². The molecule has 2 N–H and O–H groups in total. The van der Waals surface area contributed by atoms with Crippen molar-refractivity contribution in [2.45, 2.75) is 51.7 Å². The smallest absolute Gasteiger partial charge is 0.253 e. The Morgan fingerprint density at radius 1 is 1.24 bits per heavy atom. The predicted octanol–water partition coefficient (Wildman–Crippen LogP) is 2.88. The Hall–Kier alpha value is -1.55. The SMILES string of the molecule is CCN(CC)C(=O)c1cccc(NC2CCC(O)CC2)c1. The summed E-state index contributed by atoms with van der Waals surface area (Å²) in [5.74, 6) is 0.0858. The number of hydrogen-bond donors (Lipinski definition) is 2. The van der Waals surface area contributed by atoms with E-state index in [1.165, 1.54) is 0 Å². The number of amides is 1. The van der Waals surface area contributed by atoms with Crippen LogP contribution in [-0.4, -0.2) is 41.1 Å². The Balaban J connectivity index is 2.02. The van der Waals surface area contributed by atoms with Crippen molar-refractivity contribution in [3.05, 3.63) is 29.8 Å². The van der Waals surface area contributed by atoms with Gasteiger partial charge < -0.3 is 15.3 Å². The molecule has 1 aliphatic rings. The molecule has 0 aromatic heterocycles. The normalized spacial score (nSPS) is 21.9. The summed E-state index contributed by atoms with van der Waals surface area (Å²) in [6.07, 6.45) is 3.54. The largest absolute Gasteiger partial charge is 0.393 e. The number of benzene rings is 1. The highest BCUT2D eigenvalue weighted by Gasteiger charge is 2.19. The number of anilines is 1. The number of aliphatic hydroxyl groups excluding tert-OH is 1. The molecule has 116 valence electrons. The molecule has 0 aliphatic heterocycles. The van der Waals surface area contributed by atoms with Gasteiger partial charge in [-0.3, -0.25) is 4.79 Å². The molecule has 4 nitrogen and oxygen atoms in total. The molecule has 1 aromatic carbocycles. The van der Waals surface area contributed by atoms with E-state index < -0.39 is 0 Å². The number of carbonyl (C=O) groups excluding carboxylic acids is 1. The number of aliphatic hydroxyl groups is 1. The van der Waals surface area contributed by atoms with E-state index in [1.54, 1.807) is 0 Å². The first-order valence-corrected chi connectivity index (χ1v) is 7.98. The molecule has 1 aromatic rings. The third-order valence-corrected chi connectivity index (χ3v) is 4.23. The highest BCUT2D eigenvalue weighted by atomic mass is 16.3.